The Bertz CT molecular complexity index is 1430. The molecule has 8 nitrogen and oxygen atoms in total. The number of ether oxygens (including phenoxy) is 1. The Hall–Kier alpha value is -4.85. The molecule has 8 heteroatoms. The lowest BCUT2D eigenvalue weighted by Gasteiger charge is -2.27. The molecule has 1 atom stereocenters. The molecule has 0 bridgehead atoms. The highest BCUT2D eigenvalue weighted by Crippen LogP contribution is 2.37. The molecule has 2 heterocycles. The largest absolute Gasteiger partial charge is 0.457 e. The lowest BCUT2D eigenvalue weighted by Crippen LogP contribution is -2.32. The van der Waals surface area contributed by atoms with Crippen LogP contribution in [0.15, 0.2) is 91.5 Å². The van der Waals surface area contributed by atoms with E-state index in [-0.39, 0.29) is 17.5 Å². The molecule has 4 N–H and O–H groups in total. The van der Waals surface area contributed by atoms with E-state index in [1.54, 1.807) is 4.68 Å². The quantitative estimate of drug-likeness (QED) is 0.334. The van der Waals surface area contributed by atoms with E-state index >= 15 is 0 Å². The number of rotatable bonds is 7. The van der Waals surface area contributed by atoms with Crippen molar-refractivity contribution in [2.24, 2.45) is 5.73 Å². The van der Waals surface area contributed by atoms with E-state index in [1.165, 1.54) is 6.08 Å². The van der Waals surface area contributed by atoms with Crippen molar-refractivity contribution in [3.05, 3.63) is 109 Å². The highest BCUT2D eigenvalue weighted by Gasteiger charge is 2.32. The normalized spacial score (nSPS) is 14.3. The monoisotopic (exact) mass is 479 g/mol. The highest BCUT2D eigenvalue weighted by molar-refractivity contribution is 6.00. The number of carbonyl (C=O) groups is 2. The minimum atomic E-state index is -0.588. The third kappa shape index (κ3) is 4.44. The van der Waals surface area contributed by atoms with E-state index < -0.39 is 5.91 Å². The predicted octanol–water partition coefficient (Wildman–Crippen LogP) is 4.64. The number of nitrogens with zero attached hydrogens (tertiary/aromatic N) is 2. The molecule has 0 aliphatic carbocycles. The maximum Gasteiger partial charge on any atom is 0.269 e. The van der Waals surface area contributed by atoms with Crippen LogP contribution in [-0.2, 0) is 4.79 Å². The van der Waals surface area contributed by atoms with Crippen LogP contribution < -0.4 is 21.2 Å². The lowest BCUT2D eigenvalue weighted by atomic mass is 9.92. The van der Waals surface area contributed by atoms with E-state index in [2.05, 4.69) is 17.3 Å². The van der Waals surface area contributed by atoms with Gasteiger partial charge in [0.25, 0.3) is 5.91 Å². The van der Waals surface area contributed by atoms with Gasteiger partial charge in [0.05, 0.1) is 0 Å². The van der Waals surface area contributed by atoms with Crippen LogP contribution in [0.3, 0.4) is 0 Å². The fourth-order valence-corrected chi connectivity index (χ4v) is 4.41. The van der Waals surface area contributed by atoms with Crippen molar-refractivity contribution in [1.29, 1.82) is 0 Å². The summed E-state index contributed by atoms with van der Waals surface area (Å²) >= 11 is 0. The molecule has 36 heavy (non-hydrogen) atoms. The number of benzene rings is 3. The predicted molar refractivity (Wildman–Crippen MR) is 139 cm³/mol. The van der Waals surface area contributed by atoms with E-state index in [1.807, 2.05) is 78.9 Å². The van der Waals surface area contributed by atoms with Gasteiger partial charge in [0.1, 0.15) is 23.0 Å². The van der Waals surface area contributed by atoms with E-state index in [9.17, 15) is 9.59 Å². The average Bonchev–Trinajstić information content (AvgIpc) is 3.30. The van der Waals surface area contributed by atoms with Crippen LogP contribution in [0, 0.1) is 0 Å². The Kier molecular flexibility index (Phi) is 6.23. The van der Waals surface area contributed by atoms with Gasteiger partial charge in [-0.15, -0.1) is 0 Å². The van der Waals surface area contributed by atoms with Crippen molar-refractivity contribution < 1.29 is 14.3 Å². The van der Waals surface area contributed by atoms with Crippen LogP contribution in [0.4, 0.5) is 5.69 Å². The molecule has 3 aromatic carbocycles. The number of imidazole rings is 1. The SMILES string of the molecule is C=CC(=O)Nc1ccccc1C1CCNn2c1nc(-c1ccc(Oc3ccccc3)cc1)c2C(N)=O. The molecular formula is C28H25N5O3. The summed E-state index contributed by atoms with van der Waals surface area (Å²) in [5.41, 5.74) is 12.1. The second-order valence-electron chi connectivity index (χ2n) is 8.34. The molecule has 0 saturated heterocycles. The number of anilines is 1. The number of nitrogens with two attached hydrogens (primary N) is 1. The Morgan fingerprint density at radius 2 is 1.72 bits per heavy atom. The minimum absolute atomic E-state index is 0.167. The van der Waals surface area contributed by atoms with Gasteiger partial charge < -0.3 is 21.2 Å². The van der Waals surface area contributed by atoms with Gasteiger partial charge in [0, 0.05) is 23.7 Å². The number of primary amides is 1. The fraction of sp³-hybridized carbons (Fsp3) is 0.107. The molecule has 0 saturated carbocycles. The zero-order valence-corrected chi connectivity index (χ0v) is 19.5. The summed E-state index contributed by atoms with van der Waals surface area (Å²) in [6, 6.07) is 24.4. The van der Waals surface area contributed by atoms with Crippen molar-refractivity contribution in [1.82, 2.24) is 9.66 Å². The molecule has 4 aromatic rings. The number of fused-ring (bicyclic) bond motifs is 1. The third-order valence-electron chi connectivity index (χ3n) is 6.04. The zero-order chi connectivity index (χ0) is 25.1. The average molecular weight is 480 g/mol. The van der Waals surface area contributed by atoms with Gasteiger partial charge in [-0.05, 0) is 60.5 Å². The van der Waals surface area contributed by atoms with Crippen LogP contribution in [-0.4, -0.2) is 28.0 Å². The lowest BCUT2D eigenvalue weighted by molar-refractivity contribution is -0.111. The van der Waals surface area contributed by atoms with Crippen molar-refractivity contribution in [2.75, 3.05) is 17.3 Å². The Labute approximate surface area is 208 Å². The van der Waals surface area contributed by atoms with Crippen molar-refractivity contribution >= 4 is 17.5 Å². The first kappa shape index (κ1) is 22.9. The first-order valence-electron chi connectivity index (χ1n) is 11.6. The summed E-state index contributed by atoms with van der Waals surface area (Å²) < 4.78 is 7.56. The molecule has 0 radical (unpaired) electrons. The fourth-order valence-electron chi connectivity index (χ4n) is 4.41. The van der Waals surface area contributed by atoms with E-state index in [4.69, 9.17) is 15.5 Å². The molecule has 1 aliphatic heterocycles. The Balaban J connectivity index is 1.53. The van der Waals surface area contributed by atoms with Crippen LogP contribution in [0.25, 0.3) is 11.3 Å². The minimum Gasteiger partial charge on any atom is -0.457 e. The molecule has 5 rings (SSSR count). The molecule has 2 amide bonds. The maximum atomic E-state index is 12.6. The summed E-state index contributed by atoms with van der Waals surface area (Å²) in [7, 11) is 0. The number of para-hydroxylation sites is 2. The number of aromatic nitrogens is 2. The van der Waals surface area contributed by atoms with E-state index in [0.29, 0.717) is 29.5 Å². The highest BCUT2D eigenvalue weighted by atomic mass is 16.5. The standard InChI is InChI=1S/C28H25N5O3/c1-2-24(34)31-23-11-7-6-10-21(23)22-16-17-30-33-26(27(29)35)25(32-28(22)33)18-12-14-20(15-13-18)36-19-8-4-3-5-9-19/h2-15,22,30H,1,16-17H2,(H2,29,35)(H,31,34). The van der Waals surface area contributed by atoms with Gasteiger partial charge in [-0.25, -0.2) is 9.66 Å². The first-order valence-corrected chi connectivity index (χ1v) is 11.6. The van der Waals surface area contributed by atoms with Crippen molar-refractivity contribution in [2.45, 2.75) is 12.3 Å². The third-order valence-corrected chi connectivity index (χ3v) is 6.04. The number of hydrogen-bond donors (Lipinski definition) is 3. The number of hydrogen-bond acceptors (Lipinski definition) is 5. The van der Waals surface area contributed by atoms with Gasteiger partial charge in [-0.2, -0.15) is 0 Å². The summed E-state index contributed by atoms with van der Waals surface area (Å²) in [6.45, 7) is 4.13. The van der Waals surface area contributed by atoms with Crippen LogP contribution in [0.5, 0.6) is 11.5 Å². The molecule has 0 spiro atoms. The maximum absolute atomic E-state index is 12.6. The van der Waals surface area contributed by atoms with Gasteiger partial charge >= 0.3 is 0 Å². The molecular weight excluding hydrogens is 454 g/mol. The van der Waals surface area contributed by atoms with Gasteiger partial charge in [0.15, 0.2) is 5.69 Å². The van der Waals surface area contributed by atoms with Crippen molar-refractivity contribution in [3.8, 4) is 22.8 Å². The molecule has 180 valence electrons. The van der Waals surface area contributed by atoms with Gasteiger partial charge in [-0.1, -0.05) is 43.0 Å². The molecule has 1 unspecified atom stereocenters. The van der Waals surface area contributed by atoms with Gasteiger partial charge in [-0.3, -0.25) is 9.59 Å². The number of amides is 2. The van der Waals surface area contributed by atoms with Crippen LogP contribution >= 0.6 is 0 Å². The number of nitrogens with one attached hydrogen (secondary N) is 2. The second kappa shape index (κ2) is 9.79. The summed E-state index contributed by atoms with van der Waals surface area (Å²) in [4.78, 5) is 29.4. The molecule has 1 aromatic heterocycles. The summed E-state index contributed by atoms with van der Waals surface area (Å²) in [5, 5.41) is 2.87. The van der Waals surface area contributed by atoms with Crippen LogP contribution in [0.1, 0.15) is 34.2 Å². The van der Waals surface area contributed by atoms with Crippen molar-refractivity contribution in [3.63, 3.8) is 0 Å². The van der Waals surface area contributed by atoms with Crippen LogP contribution in [0.2, 0.25) is 0 Å². The zero-order valence-electron chi connectivity index (χ0n) is 19.5. The van der Waals surface area contributed by atoms with Gasteiger partial charge in [0.2, 0.25) is 5.91 Å². The first-order chi connectivity index (χ1) is 17.5. The molecule has 1 aliphatic rings. The Morgan fingerprint density at radius 1 is 1.03 bits per heavy atom. The Morgan fingerprint density at radius 3 is 2.44 bits per heavy atom. The molecule has 0 fully saturated rings. The smallest absolute Gasteiger partial charge is 0.269 e. The summed E-state index contributed by atoms with van der Waals surface area (Å²) in [5.74, 6) is 0.994. The second-order valence-corrected chi connectivity index (χ2v) is 8.34. The number of carbonyl (C=O) groups excluding carboxylic acids is 2. The van der Waals surface area contributed by atoms with E-state index in [0.717, 1.165) is 23.3 Å². The summed E-state index contributed by atoms with van der Waals surface area (Å²) in [6.07, 6.45) is 1.95. The topological polar surface area (TPSA) is 111 Å².